The predicted octanol–water partition coefficient (Wildman–Crippen LogP) is 7.76. The Morgan fingerprint density at radius 3 is 2.39 bits per heavy atom. The zero-order chi connectivity index (χ0) is 26.7. The molecule has 2 aliphatic carbocycles. The van der Waals surface area contributed by atoms with Crippen LogP contribution in [0.15, 0.2) is 72.3 Å². The molecule has 1 fully saturated rings. The molecule has 1 spiro atoms. The fourth-order valence-electron chi connectivity index (χ4n) is 7.26. The van der Waals surface area contributed by atoms with E-state index in [9.17, 15) is 9.18 Å². The van der Waals surface area contributed by atoms with Crippen molar-refractivity contribution in [3.63, 3.8) is 0 Å². The molecule has 6 heteroatoms. The molecular formula is C32H31Cl2FN2O. The molecular weight excluding hydrogens is 518 g/mol. The number of carbonyl (C=O) groups excluding carboxylic acids is 1. The molecule has 0 aromatic heterocycles. The summed E-state index contributed by atoms with van der Waals surface area (Å²) in [5.74, 6) is -0.219. The van der Waals surface area contributed by atoms with E-state index in [0.717, 1.165) is 44.1 Å². The maximum absolute atomic E-state index is 14.3. The molecule has 0 unspecified atom stereocenters. The van der Waals surface area contributed by atoms with E-state index in [1.165, 1.54) is 28.3 Å². The van der Waals surface area contributed by atoms with E-state index < -0.39 is 5.54 Å². The van der Waals surface area contributed by atoms with E-state index in [1.807, 2.05) is 6.07 Å². The Morgan fingerprint density at radius 1 is 0.921 bits per heavy atom. The minimum atomic E-state index is -0.400. The van der Waals surface area contributed by atoms with Crippen molar-refractivity contribution in [3.8, 4) is 0 Å². The number of carbonyl (C=O) groups is 1. The summed E-state index contributed by atoms with van der Waals surface area (Å²) in [5, 5.41) is 0.828. The molecule has 0 bridgehead atoms. The van der Waals surface area contributed by atoms with Crippen LogP contribution in [-0.4, -0.2) is 41.9 Å². The van der Waals surface area contributed by atoms with Crippen molar-refractivity contribution in [2.24, 2.45) is 0 Å². The second-order valence-electron chi connectivity index (χ2n) is 11.1. The molecule has 0 N–H and O–H groups in total. The van der Waals surface area contributed by atoms with Gasteiger partial charge in [0.2, 0.25) is 0 Å². The van der Waals surface area contributed by atoms with Gasteiger partial charge in [-0.15, -0.1) is 0 Å². The number of halogens is 3. The van der Waals surface area contributed by atoms with Gasteiger partial charge in [-0.2, -0.15) is 0 Å². The van der Waals surface area contributed by atoms with Gasteiger partial charge < -0.3 is 4.90 Å². The second-order valence-corrected chi connectivity index (χ2v) is 11.9. The van der Waals surface area contributed by atoms with E-state index in [2.05, 4.69) is 48.2 Å². The fraction of sp³-hybridized carbons (Fsp3) is 0.344. The number of hydrogen-bond acceptors (Lipinski definition) is 2. The van der Waals surface area contributed by atoms with Crippen LogP contribution in [0.3, 0.4) is 0 Å². The SMILES string of the molecule is CN(C)C1(c2cccc(F)c2)CCC2(CC1)C1=C(CCN2C(=O)c2ccc(Cl)c(Cl)c2)c2ccccc2C1. The molecule has 196 valence electrons. The Bertz CT molecular complexity index is 1460. The summed E-state index contributed by atoms with van der Waals surface area (Å²) >= 11 is 12.5. The molecule has 0 saturated heterocycles. The lowest BCUT2D eigenvalue weighted by atomic mass is 9.63. The highest BCUT2D eigenvalue weighted by atomic mass is 35.5. The molecule has 1 heterocycles. The zero-order valence-electron chi connectivity index (χ0n) is 21.7. The molecule has 3 aromatic carbocycles. The number of benzene rings is 3. The average molecular weight is 550 g/mol. The Kier molecular flexibility index (Phi) is 6.41. The number of nitrogens with zero attached hydrogens (tertiary/aromatic N) is 2. The highest BCUT2D eigenvalue weighted by Gasteiger charge is 2.54. The molecule has 1 saturated carbocycles. The minimum absolute atomic E-state index is 0.00539. The largest absolute Gasteiger partial charge is 0.329 e. The van der Waals surface area contributed by atoms with Gasteiger partial charge in [0.05, 0.1) is 15.6 Å². The van der Waals surface area contributed by atoms with Gasteiger partial charge in [0.25, 0.3) is 5.91 Å². The Morgan fingerprint density at radius 2 is 1.68 bits per heavy atom. The van der Waals surface area contributed by atoms with Crippen LogP contribution in [0.5, 0.6) is 0 Å². The van der Waals surface area contributed by atoms with Crippen LogP contribution in [0.1, 0.15) is 59.2 Å². The molecule has 1 amide bonds. The molecule has 3 aliphatic rings. The first kappa shape index (κ1) is 25.6. The van der Waals surface area contributed by atoms with Gasteiger partial charge in [-0.05, 0) is 111 Å². The first-order chi connectivity index (χ1) is 18.2. The lowest BCUT2D eigenvalue weighted by molar-refractivity contribution is 0.00714. The fourth-order valence-corrected chi connectivity index (χ4v) is 7.56. The number of hydrogen-bond donors (Lipinski definition) is 0. The van der Waals surface area contributed by atoms with Crippen LogP contribution in [0, 0.1) is 5.82 Å². The lowest BCUT2D eigenvalue weighted by Gasteiger charge is -2.56. The summed E-state index contributed by atoms with van der Waals surface area (Å²) in [7, 11) is 4.16. The monoisotopic (exact) mass is 548 g/mol. The number of fused-ring (bicyclic) bond motifs is 3. The van der Waals surface area contributed by atoms with Crippen molar-refractivity contribution in [2.75, 3.05) is 20.6 Å². The normalized spacial score (nSPS) is 24.6. The highest BCUT2D eigenvalue weighted by molar-refractivity contribution is 6.42. The van der Waals surface area contributed by atoms with Crippen molar-refractivity contribution in [1.29, 1.82) is 0 Å². The average Bonchev–Trinajstić information content (AvgIpc) is 3.30. The quantitative estimate of drug-likeness (QED) is 0.334. The van der Waals surface area contributed by atoms with Gasteiger partial charge in [0.1, 0.15) is 5.82 Å². The second kappa shape index (κ2) is 9.51. The molecule has 6 rings (SSSR count). The first-order valence-corrected chi connectivity index (χ1v) is 14.0. The summed E-state index contributed by atoms with van der Waals surface area (Å²) in [6.45, 7) is 0.654. The van der Waals surface area contributed by atoms with Crippen LogP contribution in [0.4, 0.5) is 4.39 Å². The highest BCUT2D eigenvalue weighted by Crippen LogP contribution is 2.55. The smallest absolute Gasteiger partial charge is 0.254 e. The zero-order valence-corrected chi connectivity index (χ0v) is 23.2. The van der Waals surface area contributed by atoms with E-state index in [4.69, 9.17) is 23.2 Å². The third kappa shape index (κ3) is 3.92. The molecule has 38 heavy (non-hydrogen) atoms. The van der Waals surface area contributed by atoms with E-state index in [1.54, 1.807) is 30.3 Å². The Balaban J connectivity index is 1.43. The van der Waals surface area contributed by atoms with Crippen LogP contribution in [0.2, 0.25) is 10.0 Å². The van der Waals surface area contributed by atoms with Crippen LogP contribution >= 0.6 is 23.2 Å². The molecule has 0 radical (unpaired) electrons. The van der Waals surface area contributed by atoms with Gasteiger partial charge in [0.15, 0.2) is 0 Å². The third-order valence-corrected chi connectivity index (χ3v) is 10.0. The number of rotatable bonds is 3. The van der Waals surface area contributed by atoms with Gasteiger partial charge in [-0.25, -0.2) is 4.39 Å². The lowest BCUT2D eigenvalue weighted by Crippen LogP contribution is -2.60. The van der Waals surface area contributed by atoms with E-state index in [0.29, 0.717) is 22.2 Å². The number of amides is 1. The Labute approximate surface area is 233 Å². The standard InChI is InChI=1S/C32H31Cl2FN2O/c1-36(2)31(23-7-5-8-24(35)20-23)13-15-32(16-14-31)27-18-21-6-3-4-9-25(21)26(27)12-17-37(32)30(38)22-10-11-28(33)29(34)19-22/h3-11,19-20H,12-18H2,1-2H3. The maximum atomic E-state index is 14.3. The van der Waals surface area contributed by atoms with Crippen molar-refractivity contribution in [3.05, 3.63) is 110 Å². The van der Waals surface area contributed by atoms with E-state index in [-0.39, 0.29) is 17.3 Å². The third-order valence-electron chi connectivity index (χ3n) is 9.27. The van der Waals surface area contributed by atoms with Crippen LogP contribution < -0.4 is 0 Å². The summed E-state index contributed by atoms with van der Waals surface area (Å²) in [5.41, 5.74) is 6.32. The van der Waals surface area contributed by atoms with Crippen LogP contribution in [0.25, 0.3) is 5.57 Å². The van der Waals surface area contributed by atoms with Crippen molar-refractivity contribution in [2.45, 2.75) is 49.6 Å². The topological polar surface area (TPSA) is 23.6 Å². The van der Waals surface area contributed by atoms with Gasteiger partial charge in [-0.3, -0.25) is 9.69 Å². The van der Waals surface area contributed by atoms with Crippen molar-refractivity contribution >= 4 is 34.7 Å². The molecule has 1 aliphatic heterocycles. The van der Waals surface area contributed by atoms with Gasteiger partial charge in [-0.1, -0.05) is 59.6 Å². The first-order valence-electron chi connectivity index (χ1n) is 13.3. The van der Waals surface area contributed by atoms with Crippen molar-refractivity contribution in [1.82, 2.24) is 9.80 Å². The van der Waals surface area contributed by atoms with Crippen LogP contribution in [-0.2, 0) is 12.0 Å². The summed E-state index contributed by atoms with van der Waals surface area (Å²) < 4.78 is 14.3. The van der Waals surface area contributed by atoms with E-state index >= 15 is 0 Å². The molecule has 3 aromatic rings. The summed E-state index contributed by atoms with van der Waals surface area (Å²) in [6, 6.07) is 20.8. The summed E-state index contributed by atoms with van der Waals surface area (Å²) in [4.78, 5) is 18.5. The van der Waals surface area contributed by atoms with Gasteiger partial charge >= 0.3 is 0 Å². The maximum Gasteiger partial charge on any atom is 0.254 e. The minimum Gasteiger partial charge on any atom is -0.329 e. The van der Waals surface area contributed by atoms with Crippen molar-refractivity contribution < 1.29 is 9.18 Å². The Hall–Kier alpha value is -2.66. The molecule has 0 atom stereocenters. The predicted molar refractivity (Wildman–Crippen MR) is 152 cm³/mol. The van der Waals surface area contributed by atoms with Gasteiger partial charge in [0, 0.05) is 17.6 Å². The molecule has 3 nitrogen and oxygen atoms in total. The summed E-state index contributed by atoms with van der Waals surface area (Å²) in [6.07, 6.45) is 4.96.